The molecule has 0 bridgehead atoms. The van der Waals surface area contributed by atoms with Crippen LogP contribution >= 0.6 is 15.9 Å². The molecule has 0 saturated carbocycles. The van der Waals surface area contributed by atoms with Crippen molar-refractivity contribution in [2.45, 2.75) is 6.54 Å². The minimum Gasteiger partial charge on any atom is -0.326 e. The predicted molar refractivity (Wildman–Crippen MR) is 62.6 cm³/mol. The van der Waals surface area contributed by atoms with Gasteiger partial charge in [-0.25, -0.2) is 4.98 Å². The Morgan fingerprint density at radius 1 is 1.47 bits per heavy atom. The summed E-state index contributed by atoms with van der Waals surface area (Å²) in [6.07, 6.45) is 1.98. The molecule has 0 aliphatic rings. The molecule has 0 aliphatic carbocycles. The zero-order valence-corrected chi connectivity index (χ0v) is 9.45. The second-order valence-corrected chi connectivity index (χ2v) is 4.25. The monoisotopic (exact) mass is 264 g/mol. The number of aromatic nitrogens is 3. The van der Waals surface area contributed by atoms with Crippen LogP contribution in [0.1, 0.15) is 5.69 Å². The molecule has 2 heterocycles. The van der Waals surface area contributed by atoms with Gasteiger partial charge in [0.05, 0.1) is 5.52 Å². The van der Waals surface area contributed by atoms with Crippen molar-refractivity contribution in [1.82, 2.24) is 14.4 Å². The Labute approximate surface area is 94.2 Å². The summed E-state index contributed by atoms with van der Waals surface area (Å²) >= 11 is 3.48. The standard InChI is InChI=1S/C10H9BrN4/c11-7-2-1-3-8-9(7)14-10-13-6(4-12)5-15(8)10/h1-3,5H,4,12H2,(H,13,14). The van der Waals surface area contributed by atoms with E-state index in [-0.39, 0.29) is 0 Å². The Balaban J connectivity index is 2.46. The second-order valence-electron chi connectivity index (χ2n) is 3.40. The van der Waals surface area contributed by atoms with E-state index in [1.165, 1.54) is 0 Å². The van der Waals surface area contributed by atoms with Gasteiger partial charge in [-0.3, -0.25) is 4.40 Å². The van der Waals surface area contributed by atoms with E-state index in [1.54, 1.807) is 0 Å². The number of halogens is 1. The first-order chi connectivity index (χ1) is 7.29. The highest BCUT2D eigenvalue weighted by molar-refractivity contribution is 9.10. The fraction of sp³-hybridized carbons (Fsp3) is 0.100. The topological polar surface area (TPSA) is 59.1 Å². The van der Waals surface area contributed by atoms with Crippen molar-refractivity contribution in [2.24, 2.45) is 5.73 Å². The zero-order valence-electron chi connectivity index (χ0n) is 7.87. The lowest BCUT2D eigenvalue weighted by atomic mass is 10.3. The molecule has 3 rings (SSSR count). The van der Waals surface area contributed by atoms with Crippen LogP contribution < -0.4 is 5.73 Å². The van der Waals surface area contributed by atoms with Gasteiger partial charge < -0.3 is 10.7 Å². The molecule has 76 valence electrons. The van der Waals surface area contributed by atoms with Gasteiger partial charge in [-0.1, -0.05) is 6.07 Å². The first-order valence-corrected chi connectivity index (χ1v) is 5.43. The molecule has 0 unspecified atom stereocenters. The Morgan fingerprint density at radius 2 is 2.33 bits per heavy atom. The van der Waals surface area contributed by atoms with Gasteiger partial charge in [-0.15, -0.1) is 0 Å². The van der Waals surface area contributed by atoms with E-state index in [9.17, 15) is 0 Å². The number of hydrogen-bond acceptors (Lipinski definition) is 2. The van der Waals surface area contributed by atoms with E-state index in [4.69, 9.17) is 5.73 Å². The van der Waals surface area contributed by atoms with Gasteiger partial charge in [0.1, 0.15) is 5.52 Å². The lowest BCUT2D eigenvalue weighted by Gasteiger charge is -1.92. The van der Waals surface area contributed by atoms with Gasteiger partial charge in [-0.2, -0.15) is 0 Å². The van der Waals surface area contributed by atoms with Crippen LogP contribution in [0.25, 0.3) is 16.8 Å². The third kappa shape index (κ3) is 1.20. The van der Waals surface area contributed by atoms with Crippen LogP contribution in [0, 0.1) is 0 Å². The molecule has 0 radical (unpaired) electrons. The molecule has 3 N–H and O–H groups in total. The number of imidazole rings is 2. The largest absolute Gasteiger partial charge is 0.326 e. The quantitative estimate of drug-likeness (QED) is 0.707. The molecule has 0 atom stereocenters. The number of aromatic amines is 1. The van der Waals surface area contributed by atoms with Gasteiger partial charge in [0.25, 0.3) is 0 Å². The summed E-state index contributed by atoms with van der Waals surface area (Å²) in [5, 5.41) is 0. The lowest BCUT2D eigenvalue weighted by molar-refractivity contribution is 1.01. The lowest BCUT2D eigenvalue weighted by Crippen LogP contribution is -1.95. The number of hydrogen-bond donors (Lipinski definition) is 2. The third-order valence-electron chi connectivity index (χ3n) is 2.45. The molecular weight excluding hydrogens is 256 g/mol. The smallest absolute Gasteiger partial charge is 0.212 e. The van der Waals surface area contributed by atoms with Crippen molar-refractivity contribution in [3.63, 3.8) is 0 Å². The van der Waals surface area contributed by atoms with Crippen molar-refractivity contribution < 1.29 is 0 Å². The van der Waals surface area contributed by atoms with Crippen molar-refractivity contribution >= 4 is 32.7 Å². The maximum absolute atomic E-state index is 5.57. The molecule has 0 fully saturated rings. The van der Waals surface area contributed by atoms with Crippen LogP contribution in [0.4, 0.5) is 0 Å². The van der Waals surface area contributed by atoms with Gasteiger partial charge in [0.15, 0.2) is 0 Å². The summed E-state index contributed by atoms with van der Waals surface area (Å²) < 4.78 is 3.02. The average molecular weight is 265 g/mol. The number of rotatable bonds is 1. The van der Waals surface area contributed by atoms with Gasteiger partial charge in [0, 0.05) is 22.9 Å². The van der Waals surface area contributed by atoms with Crippen molar-refractivity contribution in [2.75, 3.05) is 0 Å². The number of nitrogens with zero attached hydrogens (tertiary/aromatic N) is 2. The highest BCUT2D eigenvalue weighted by Gasteiger charge is 2.08. The minimum absolute atomic E-state index is 0.499. The summed E-state index contributed by atoms with van der Waals surface area (Å²) in [5.41, 5.74) is 8.59. The number of benzene rings is 1. The molecule has 5 heteroatoms. The summed E-state index contributed by atoms with van der Waals surface area (Å²) in [6.45, 7) is 0.499. The van der Waals surface area contributed by atoms with Crippen LogP contribution in [0.2, 0.25) is 0 Å². The zero-order chi connectivity index (χ0) is 10.4. The summed E-state index contributed by atoms with van der Waals surface area (Å²) in [6, 6.07) is 6.02. The molecule has 0 saturated heterocycles. The number of para-hydroxylation sites is 1. The molecule has 4 nitrogen and oxygen atoms in total. The molecule has 3 aromatic rings. The third-order valence-corrected chi connectivity index (χ3v) is 3.09. The Bertz CT molecular complexity index is 637. The van der Waals surface area contributed by atoms with Crippen LogP contribution in [-0.4, -0.2) is 14.4 Å². The molecule has 0 amide bonds. The van der Waals surface area contributed by atoms with Gasteiger partial charge in [-0.05, 0) is 28.1 Å². The van der Waals surface area contributed by atoms with Crippen molar-refractivity contribution in [3.05, 3.63) is 34.6 Å². The van der Waals surface area contributed by atoms with Gasteiger partial charge in [0.2, 0.25) is 5.78 Å². The highest BCUT2D eigenvalue weighted by atomic mass is 79.9. The summed E-state index contributed by atoms with van der Waals surface area (Å²) in [5.74, 6) is 0.831. The Morgan fingerprint density at radius 3 is 3.13 bits per heavy atom. The van der Waals surface area contributed by atoms with E-state index in [1.807, 2.05) is 28.8 Å². The number of nitrogens with two attached hydrogens (primary N) is 1. The van der Waals surface area contributed by atoms with Crippen LogP contribution in [0.5, 0.6) is 0 Å². The molecular formula is C10H9BrN4. The first kappa shape index (κ1) is 8.94. The van der Waals surface area contributed by atoms with Crippen molar-refractivity contribution in [1.29, 1.82) is 0 Å². The molecule has 15 heavy (non-hydrogen) atoms. The summed E-state index contributed by atoms with van der Waals surface area (Å²) in [4.78, 5) is 7.66. The second kappa shape index (κ2) is 3.08. The minimum atomic E-state index is 0.499. The fourth-order valence-corrected chi connectivity index (χ4v) is 2.18. The van der Waals surface area contributed by atoms with Crippen LogP contribution in [0.3, 0.4) is 0 Å². The first-order valence-electron chi connectivity index (χ1n) is 4.64. The maximum Gasteiger partial charge on any atom is 0.212 e. The van der Waals surface area contributed by atoms with Crippen LogP contribution in [-0.2, 0) is 6.54 Å². The predicted octanol–water partition coefficient (Wildman–Crippen LogP) is 2.04. The highest BCUT2D eigenvalue weighted by Crippen LogP contribution is 2.24. The van der Waals surface area contributed by atoms with E-state index in [2.05, 4.69) is 25.9 Å². The maximum atomic E-state index is 5.57. The van der Waals surface area contributed by atoms with E-state index in [0.29, 0.717) is 6.54 Å². The van der Waals surface area contributed by atoms with Gasteiger partial charge >= 0.3 is 0 Å². The summed E-state index contributed by atoms with van der Waals surface area (Å²) in [7, 11) is 0. The SMILES string of the molecule is NCc1cn2c(nc3c(Br)cccc32)[nH]1. The van der Waals surface area contributed by atoms with Crippen molar-refractivity contribution in [3.8, 4) is 0 Å². The Hall–Kier alpha value is -1.33. The molecule has 0 aliphatic heterocycles. The Kier molecular flexibility index (Phi) is 1.83. The van der Waals surface area contributed by atoms with E-state index >= 15 is 0 Å². The molecule has 0 spiro atoms. The normalized spacial score (nSPS) is 11.6. The van der Waals surface area contributed by atoms with E-state index in [0.717, 1.165) is 27.0 Å². The number of fused-ring (bicyclic) bond motifs is 3. The molecule has 2 aromatic heterocycles. The fourth-order valence-electron chi connectivity index (χ4n) is 1.74. The average Bonchev–Trinajstić information content (AvgIpc) is 2.76. The number of H-pyrrole nitrogens is 1. The molecule has 1 aromatic carbocycles. The number of nitrogens with one attached hydrogen (secondary N) is 1. The van der Waals surface area contributed by atoms with E-state index < -0.39 is 0 Å². The van der Waals surface area contributed by atoms with Crippen LogP contribution in [0.15, 0.2) is 28.9 Å².